The molecule has 0 aromatic heterocycles. The number of hydrogen-bond donors (Lipinski definition) is 0. The van der Waals surface area contributed by atoms with Gasteiger partial charge in [0.2, 0.25) is 5.91 Å². The van der Waals surface area contributed by atoms with E-state index in [1.54, 1.807) is 36.3 Å². The highest BCUT2D eigenvalue weighted by molar-refractivity contribution is 5.80. The van der Waals surface area contributed by atoms with E-state index in [-0.39, 0.29) is 30.2 Å². The smallest absolute Gasteiger partial charge is 0.293 e. The third kappa shape index (κ3) is 4.86. The second-order valence-electron chi connectivity index (χ2n) is 6.74. The summed E-state index contributed by atoms with van der Waals surface area (Å²) >= 11 is 0. The van der Waals surface area contributed by atoms with Crippen LogP contribution in [-0.4, -0.2) is 61.9 Å². The van der Waals surface area contributed by atoms with Crippen LogP contribution in [0.15, 0.2) is 42.5 Å². The van der Waals surface area contributed by atoms with E-state index in [4.69, 9.17) is 9.47 Å². The van der Waals surface area contributed by atoms with Crippen molar-refractivity contribution in [1.82, 2.24) is 4.90 Å². The first-order valence-corrected chi connectivity index (χ1v) is 9.55. The number of para-hydroxylation sites is 2. The van der Waals surface area contributed by atoms with Gasteiger partial charge in [0.05, 0.1) is 25.1 Å². The molecule has 9 nitrogen and oxygen atoms in total. The molecule has 2 aromatic rings. The van der Waals surface area contributed by atoms with E-state index in [1.807, 2.05) is 17.0 Å². The lowest BCUT2D eigenvalue weighted by atomic mass is 10.1. The van der Waals surface area contributed by atoms with Crippen LogP contribution in [0.3, 0.4) is 0 Å². The summed E-state index contributed by atoms with van der Waals surface area (Å²) in [6.45, 7) is 2.10. The molecule has 1 saturated heterocycles. The summed E-state index contributed by atoms with van der Waals surface area (Å²) in [6, 6.07) is 11.7. The first-order chi connectivity index (χ1) is 14.5. The van der Waals surface area contributed by atoms with E-state index in [1.165, 1.54) is 6.07 Å². The van der Waals surface area contributed by atoms with Gasteiger partial charge in [0.15, 0.2) is 11.5 Å². The Morgan fingerprint density at radius 1 is 1.13 bits per heavy atom. The van der Waals surface area contributed by atoms with E-state index < -0.39 is 4.92 Å². The van der Waals surface area contributed by atoms with Gasteiger partial charge in [-0.3, -0.25) is 19.7 Å². The molecular weight excluding hydrogens is 390 g/mol. The van der Waals surface area contributed by atoms with Crippen molar-refractivity contribution in [3.63, 3.8) is 0 Å². The van der Waals surface area contributed by atoms with Crippen LogP contribution in [0.2, 0.25) is 0 Å². The molecule has 158 valence electrons. The van der Waals surface area contributed by atoms with Crippen LogP contribution in [0.5, 0.6) is 11.5 Å². The summed E-state index contributed by atoms with van der Waals surface area (Å²) in [7, 11) is 1.56. The molecule has 30 heavy (non-hydrogen) atoms. The first-order valence-electron chi connectivity index (χ1n) is 9.55. The summed E-state index contributed by atoms with van der Waals surface area (Å²) < 4.78 is 10.9. The van der Waals surface area contributed by atoms with Gasteiger partial charge >= 0.3 is 0 Å². The average Bonchev–Trinajstić information content (AvgIpc) is 2.79. The Labute approximate surface area is 173 Å². The quantitative estimate of drug-likeness (QED) is 0.372. The molecule has 1 aliphatic rings. The van der Waals surface area contributed by atoms with Crippen molar-refractivity contribution in [1.29, 1.82) is 0 Å². The second kappa shape index (κ2) is 9.73. The second-order valence-corrected chi connectivity index (χ2v) is 6.74. The largest absolute Gasteiger partial charge is 0.493 e. The molecule has 0 bridgehead atoms. The lowest BCUT2D eigenvalue weighted by Crippen LogP contribution is -2.49. The number of nitrogens with zero attached hydrogens (tertiary/aromatic N) is 3. The number of methoxy groups -OCH3 is 1. The average molecular weight is 413 g/mol. The number of amides is 1. The number of carbonyl (C=O) groups is 2. The number of nitro groups is 1. The van der Waals surface area contributed by atoms with Gasteiger partial charge in [-0.15, -0.1) is 0 Å². The Kier molecular flexibility index (Phi) is 6.84. The molecule has 0 N–H and O–H groups in total. The molecule has 2 aromatic carbocycles. The molecular formula is C21H23N3O6. The molecule has 1 amide bonds. The van der Waals surface area contributed by atoms with Gasteiger partial charge in [-0.1, -0.05) is 12.1 Å². The molecule has 1 fully saturated rings. The number of carbonyl (C=O) groups excluding carboxylic acids is 2. The van der Waals surface area contributed by atoms with Gasteiger partial charge < -0.3 is 19.3 Å². The SMILES string of the molecule is COc1ccccc1OCCC(=O)N1CCN(c2ccc(C=O)cc2[N+](=O)[O-])CC1. The van der Waals surface area contributed by atoms with Crippen LogP contribution in [0.25, 0.3) is 0 Å². The molecule has 1 aliphatic heterocycles. The molecule has 0 radical (unpaired) electrons. The molecule has 0 atom stereocenters. The maximum atomic E-state index is 12.5. The van der Waals surface area contributed by atoms with Crippen LogP contribution in [0.1, 0.15) is 16.8 Å². The van der Waals surface area contributed by atoms with E-state index in [9.17, 15) is 19.7 Å². The predicted octanol–water partition coefficient (Wildman–Crippen LogP) is 2.53. The van der Waals surface area contributed by atoms with Crippen molar-refractivity contribution in [3.8, 4) is 11.5 Å². The molecule has 9 heteroatoms. The number of hydrogen-bond acceptors (Lipinski definition) is 7. The van der Waals surface area contributed by atoms with Gasteiger partial charge in [0, 0.05) is 37.8 Å². The molecule has 3 rings (SSSR count). The highest BCUT2D eigenvalue weighted by Gasteiger charge is 2.26. The number of benzene rings is 2. The maximum absolute atomic E-state index is 12.5. The van der Waals surface area contributed by atoms with Crippen molar-refractivity contribution >= 4 is 23.6 Å². The summed E-state index contributed by atoms with van der Waals surface area (Å²) in [4.78, 5) is 37.9. The number of anilines is 1. The summed E-state index contributed by atoms with van der Waals surface area (Å²) in [5.74, 6) is 1.17. The van der Waals surface area contributed by atoms with E-state index in [2.05, 4.69) is 0 Å². The van der Waals surface area contributed by atoms with Crippen LogP contribution in [-0.2, 0) is 4.79 Å². The topological polar surface area (TPSA) is 102 Å². The van der Waals surface area contributed by atoms with E-state index >= 15 is 0 Å². The normalized spacial score (nSPS) is 13.6. The molecule has 0 spiro atoms. The van der Waals surface area contributed by atoms with Gasteiger partial charge in [-0.2, -0.15) is 0 Å². The molecule has 0 unspecified atom stereocenters. The fourth-order valence-electron chi connectivity index (χ4n) is 3.37. The minimum atomic E-state index is -0.491. The number of ether oxygens (including phenoxy) is 2. The third-order valence-corrected chi connectivity index (χ3v) is 4.95. The number of nitro benzene ring substituents is 1. The highest BCUT2D eigenvalue weighted by atomic mass is 16.6. The van der Waals surface area contributed by atoms with Crippen LogP contribution >= 0.6 is 0 Å². The van der Waals surface area contributed by atoms with E-state index in [0.29, 0.717) is 49.7 Å². The van der Waals surface area contributed by atoms with Crippen molar-refractivity contribution in [2.45, 2.75) is 6.42 Å². The molecule has 0 saturated carbocycles. The Hall–Kier alpha value is -3.62. The minimum Gasteiger partial charge on any atom is -0.493 e. The zero-order valence-electron chi connectivity index (χ0n) is 16.7. The van der Waals surface area contributed by atoms with Crippen LogP contribution in [0, 0.1) is 10.1 Å². The van der Waals surface area contributed by atoms with Gasteiger partial charge in [0.1, 0.15) is 12.0 Å². The summed E-state index contributed by atoms with van der Waals surface area (Å²) in [5, 5.41) is 11.4. The predicted molar refractivity (Wildman–Crippen MR) is 110 cm³/mol. The number of rotatable bonds is 8. The van der Waals surface area contributed by atoms with Gasteiger partial charge in [-0.25, -0.2) is 0 Å². The lowest BCUT2D eigenvalue weighted by molar-refractivity contribution is -0.384. The summed E-state index contributed by atoms with van der Waals surface area (Å²) in [5.41, 5.74) is 0.608. The molecule has 0 aliphatic carbocycles. The zero-order valence-corrected chi connectivity index (χ0v) is 16.7. The standard InChI is InChI=1S/C21H23N3O6/c1-29-19-4-2-3-5-20(19)30-13-8-21(26)23-11-9-22(10-12-23)17-7-6-16(15-25)14-18(17)24(27)28/h2-7,14-15H,8-13H2,1H3. The van der Waals surface area contributed by atoms with Gasteiger partial charge in [-0.05, 0) is 24.3 Å². The number of aldehydes is 1. The Bertz CT molecular complexity index is 925. The summed E-state index contributed by atoms with van der Waals surface area (Å²) in [6.07, 6.45) is 0.812. The van der Waals surface area contributed by atoms with Crippen LogP contribution < -0.4 is 14.4 Å². The number of piperazine rings is 1. The van der Waals surface area contributed by atoms with Crippen molar-refractivity contribution in [2.75, 3.05) is 44.8 Å². The Morgan fingerprint density at radius 2 is 1.83 bits per heavy atom. The van der Waals surface area contributed by atoms with Gasteiger partial charge in [0.25, 0.3) is 5.69 Å². The van der Waals surface area contributed by atoms with Crippen molar-refractivity contribution in [3.05, 3.63) is 58.1 Å². The third-order valence-electron chi connectivity index (χ3n) is 4.95. The first kappa shape index (κ1) is 21.1. The fraction of sp³-hybridized carbons (Fsp3) is 0.333. The monoisotopic (exact) mass is 413 g/mol. The minimum absolute atomic E-state index is 0.0321. The lowest BCUT2D eigenvalue weighted by Gasteiger charge is -2.35. The fourth-order valence-corrected chi connectivity index (χ4v) is 3.37. The highest BCUT2D eigenvalue weighted by Crippen LogP contribution is 2.30. The Balaban J connectivity index is 1.53. The maximum Gasteiger partial charge on any atom is 0.293 e. The molecule has 1 heterocycles. The van der Waals surface area contributed by atoms with Crippen molar-refractivity contribution < 1.29 is 24.0 Å². The van der Waals surface area contributed by atoms with E-state index in [0.717, 1.165) is 0 Å². The van der Waals surface area contributed by atoms with Crippen LogP contribution in [0.4, 0.5) is 11.4 Å². The Morgan fingerprint density at radius 3 is 2.47 bits per heavy atom. The zero-order chi connectivity index (χ0) is 21.5. The van der Waals surface area contributed by atoms with Crippen molar-refractivity contribution in [2.24, 2.45) is 0 Å².